The van der Waals surface area contributed by atoms with Gasteiger partial charge in [-0.25, -0.2) is 4.98 Å². The number of aryl methyl sites for hydroxylation is 1. The molecular formula is C22H23ClN6O3. The first-order chi connectivity index (χ1) is 15.2. The number of allylic oxidation sites excluding steroid dienone is 1. The number of oxime groups is 1. The van der Waals surface area contributed by atoms with Gasteiger partial charge in [0.2, 0.25) is 0 Å². The Kier molecular flexibility index (Phi) is 6.50. The second-order valence-electron chi connectivity index (χ2n) is 7.26. The maximum Gasteiger partial charge on any atom is 0.196 e. The lowest BCUT2D eigenvalue weighted by Gasteiger charge is -2.20. The fourth-order valence-electron chi connectivity index (χ4n) is 3.46. The number of nitrogens with one attached hydrogen (secondary N) is 2. The summed E-state index contributed by atoms with van der Waals surface area (Å²) in [6, 6.07) is 6.51. The first kappa shape index (κ1) is 22.8. The predicted molar refractivity (Wildman–Crippen MR) is 127 cm³/mol. The van der Waals surface area contributed by atoms with Gasteiger partial charge in [0.1, 0.15) is 22.2 Å². The van der Waals surface area contributed by atoms with Gasteiger partial charge in [-0.05, 0) is 44.5 Å². The molecule has 32 heavy (non-hydrogen) atoms. The Bertz CT molecular complexity index is 1330. The molecule has 0 fully saturated rings. The lowest BCUT2D eigenvalue weighted by molar-refractivity contribution is 0.318. The van der Waals surface area contributed by atoms with Crippen LogP contribution in [0, 0.1) is 19.3 Å². The fourth-order valence-corrected chi connectivity index (χ4v) is 3.61. The molecule has 166 valence electrons. The third-order valence-corrected chi connectivity index (χ3v) is 5.25. The van der Waals surface area contributed by atoms with Crippen LogP contribution in [0.2, 0.25) is 5.15 Å². The summed E-state index contributed by atoms with van der Waals surface area (Å²) in [5.41, 5.74) is 14.4. The summed E-state index contributed by atoms with van der Waals surface area (Å²) in [7, 11) is 0. The molecule has 10 heteroatoms. The number of amidine groups is 1. The molecular weight excluding hydrogens is 432 g/mol. The average Bonchev–Trinajstić information content (AvgIpc) is 2.78. The summed E-state index contributed by atoms with van der Waals surface area (Å²) in [4.78, 5) is 17.2. The molecule has 1 unspecified atom stereocenters. The number of hydrogen-bond acceptors (Lipinski definition) is 8. The molecule has 9 nitrogen and oxygen atoms in total. The third kappa shape index (κ3) is 4.15. The Morgan fingerprint density at radius 3 is 2.72 bits per heavy atom. The van der Waals surface area contributed by atoms with Gasteiger partial charge in [0.25, 0.3) is 0 Å². The minimum atomic E-state index is -0.380. The van der Waals surface area contributed by atoms with Gasteiger partial charge in [-0.2, -0.15) is 0 Å². The van der Waals surface area contributed by atoms with Crippen molar-refractivity contribution in [2.75, 3.05) is 5.32 Å². The molecule has 0 bridgehead atoms. The monoisotopic (exact) mass is 454 g/mol. The lowest BCUT2D eigenvalue weighted by atomic mass is 9.99. The highest BCUT2D eigenvalue weighted by atomic mass is 35.5. The molecule has 0 aliphatic rings. The summed E-state index contributed by atoms with van der Waals surface area (Å²) in [6.07, 6.45) is 2.26. The molecule has 7 N–H and O–H groups in total. The van der Waals surface area contributed by atoms with Crippen molar-refractivity contribution in [2.45, 2.75) is 26.8 Å². The van der Waals surface area contributed by atoms with E-state index in [0.29, 0.717) is 33.4 Å². The van der Waals surface area contributed by atoms with Crippen molar-refractivity contribution in [1.29, 1.82) is 5.41 Å². The highest BCUT2D eigenvalue weighted by Crippen LogP contribution is 2.31. The number of anilines is 1. The molecule has 0 saturated heterocycles. The van der Waals surface area contributed by atoms with E-state index >= 15 is 0 Å². The van der Waals surface area contributed by atoms with Crippen molar-refractivity contribution in [2.24, 2.45) is 16.6 Å². The van der Waals surface area contributed by atoms with Crippen LogP contribution in [0.25, 0.3) is 16.5 Å². The highest BCUT2D eigenvalue weighted by Gasteiger charge is 2.20. The number of aromatic nitrogens is 1. The van der Waals surface area contributed by atoms with Crippen molar-refractivity contribution in [3.05, 3.63) is 74.0 Å². The summed E-state index contributed by atoms with van der Waals surface area (Å²) in [5.74, 6) is 0.0345. The van der Waals surface area contributed by atoms with Crippen LogP contribution in [-0.2, 0) is 0 Å². The Hall–Kier alpha value is -3.85. The molecule has 0 aliphatic heterocycles. The Labute approximate surface area is 188 Å². The van der Waals surface area contributed by atoms with Gasteiger partial charge < -0.3 is 31.8 Å². The number of nitrogens with zero attached hydrogens (tertiary/aromatic N) is 2. The summed E-state index contributed by atoms with van der Waals surface area (Å²) in [5, 5.41) is 23.5. The van der Waals surface area contributed by atoms with E-state index in [0.717, 1.165) is 11.8 Å². The molecule has 3 aromatic rings. The minimum Gasteiger partial charge on any atom is -0.455 e. The van der Waals surface area contributed by atoms with Crippen LogP contribution < -0.4 is 22.2 Å². The van der Waals surface area contributed by atoms with Gasteiger partial charge in [-0.15, -0.1) is 0 Å². The number of nitrogens with two attached hydrogens (primary N) is 2. The SMILES string of the molecule is Cc1cc(C(C)Nc2ccc(Cl)nc2/C(N)=N/O)c2oc(/C(C=N)=C/N)c(C)c(=O)c2c1. The van der Waals surface area contributed by atoms with E-state index in [1.54, 1.807) is 25.1 Å². The van der Waals surface area contributed by atoms with Gasteiger partial charge >= 0.3 is 0 Å². The number of hydrogen-bond donors (Lipinski definition) is 5. The van der Waals surface area contributed by atoms with Crippen molar-refractivity contribution in [3.8, 4) is 0 Å². The van der Waals surface area contributed by atoms with Gasteiger partial charge in [-0.3, -0.25) is 4.79 Å². The van der Waals surface area contributed by atoms with Crippen molar-refractivity contribution in [1.82, 2.24) is 4.98 Å². The Morgan fingerprint density at radius 1 is 1.38 bits per heavy atom. The van der Waals surface area contributed by atoms with Crippen LogP contribution in [-0.4, -0.2) is 22.2 Å². The molecule has 2 aromatic heterocycles. The zero-order valence-electron chi connectivity index (χ0n) is 17.7. The molecule has 0 amide bonds. The average molecular weight is 455 g/mol. The summed E-state index contributed by atoms with van der Waals surface area (Å²) < 4.78 is 6.12. The first-order valence-electron chi connectivity index (χ1n) is 9.63. The fraction of sp³-hybridized carbons (Fsp3) is 0.182. The normalized spacial score (nSPS) is 13.2. The molecule has 2 heterocycles. The number of halogens is 1. The minimum absolute atomic E-state index is 0.180. The number of fused-ring (bicyclic) bond motifs is 1. The van der Waals surface area contributed by atoms with E-state index in [1.807, 2.05) is 19.9 Å². The third-order valence-electron chi connectivity index (χ3n) is 5.04. The second kappa shape index (κ2) is 9.11. The molecule has 0 spiro atoms. The topological polar surface area (TPSA) is 164 Å². The Morgan fingerprint density at radius 2 is 2.09 bits per heavy atom. The zero-order valence-corrected chi connectivity index (χ0v) is 18.5. The standard InChI is InChI=1S/C22H23ClN6O3/c1-10-6-14(12(3)27-16-4-5-17(23)28-18(16)22(26)29-31)21-15(7-10)19(30)11(2)20(32-21)13(8-24)9-25/h4-9,12,24,27,31H,25H2,1-3H3,(H2,26,29)/b13-9+,24-8?. The number of rotatable bonds is 6. The quantitative estimate of drug-likeness (QED) is 0.125. The lowest BCUT2D eigenvalue weighted by Crippen LogP contribution is -2.19. The van der Waals surface area contributed by atoms with E-state index in [-0.39, 0.29) is 33.9 Å². The van der Waals surface area contributed by atoms with Crippen LogP contribution in [0.15, 0.2) is 44.8 Å². The van der Waals surface area contributed by atoms with Crippen LogP contribution >= 0.6 is 11.6 Å². The summed E-state index contributed by atoms with van der Waals surface area (Å²) in [6.45, 7) is 5.39. The van der Waals surface area contributed by atoms with Crippen molar-refractivity contribution in [3.63, 3.8) is 0 Å². The van der Waals surface area contributed by atoms with Gasteiger partial charge in [0, 0.05) is 23.5 Å². The van der Waals surface area contributed by atoms with E-state index in [2.05, 4.69) is 15.5 Å². The van der Waals surface area contributed by atoms with Crippen LogP contribution in [0.4, 0.5) is 5.69 Å². The molecule has 0 aliphatic carbocycles. The van der Waals surface area contributed by atoms with Gasteiger partial charge in [0.05, 0.1) is 22.7 Å². The first-order valence-corrected chi connectivity index (χ1v) is 10.0. The van der Waals surface area contributed by atoms with Crippen LogP contribution in [0.1, 0.15) is 41.1 Å². The number of pyridine rings is 1. The van der Waals surface area contributed by atoms with E-state index < -0.39 is 0 Å². The number of benzene rings is 1. The predicted octanol–water partition coefficient (Wildman–Crippen LogP) is 3.68. The van der Waals surface area contributed by atoms with Gasteiger partial charge in [0.15, 0.2) is 11.3 Å². The van der Waals surface area contributed by atoms with Crippen LogP contribution in [0.3, 0.4) is 0 Å². The zero-order chi connectivity index (χ0) is 23.6. The maximum absolute atomic E-state index is 13.1. The van der Waals surface area contributed by atoms with Crippen LogP contribution in [0.5, 0.6) is 0 Å². The largest absolute Gasteiger partial charge is 0.455 e. The van der Waals surface area contributed by atoms with E-state index in [1.165, 1.54) is 6.20 Å². The summed E-state index contributed by atoms with van der Waals surface area (Å²) >= 11 is 5.96. The molecule has 1 aromatic carbocycles. The van der Waals surface area contributed by atoms with E-state index in [9.17, 15) is 4.79 Å². The molecule has 0 radical (unpaired) electrons. The van der Waals surface area contributed by atoms with E-state index in [4.69, 9.17) is 38.1 Å². The smallest absolute Gasteiger partial charge is 0.196 e. The molecule has 3 rings (SSSR count). The Balaban J connectivity index is 2.21. The maximum atomic E-state index is 13.1. The molecule has 0 saturated carbocycles. The second-order valence-corrected chi connectivity index (χ2v) is 7.65. The molecule has 1 atom stereocenters. The van der Waals surface area contributed by atoms with Crippen molar-refractivity contribution < 1.29 is 9.62 Å². The highest BCUT2D eigenvalue weighted by molar-refractivity contribution is 6.29. The van der Waals surface area contributed by atoms with Gasteiger partial charge in [-0.1, -0.05) is 22.8 Å². The van der Waals surface area contributed by atoms with Crippen molar-refractivity contribution >= 4 is 45.9 Å².